The molecular formula is C38H70FN7O8. The van der Waals surface area contributed by atoms with Gasteiger partial charge in [-0.3, -0.25) is 33.6 Å². The summed E-state index contributed by atoms with van der Waals surface area (Å²) in [6, 6.07) is -4.45. The molecule has 54 heavy (non-hydrogen) atoms. The number of carboxylic acids is 1. The number of amides is 6. The molecule has 0 spiro atoms. The van der Waals surface area contributed by atoms with Crippen LogP contribution in [0.4, 0.5) is 4.39 Å². The van der Waals surface area contributed by atoms with E-state index in [1.54, 1.807) is 27.7 Å². The summed E-state index contributed by atoms with van der Waals surface area (Å²) in [5, 5.41) is 25.3. The molecule has 0 heterocycles. The van der Waals surface area contributed by atoms with Crippen molar-refractivity contribution in [3.63, 3.8) is 0 Å². The van der Waals surface area contributed by atoms with Crippen LogP contribution in [-0.2, 0) is 33.6 Å². The number of hydrogen-bond acceptors (Lipinski definition) is 8. The van der Waals surface area contributed by atoms with Crippen LogP contribution < -0.4 is 37.6 Å². The highest BCUT2D eigenvalue weighted by molar-refractivity contribution is 5.85. The monoisotopic (exact) mass is 772 g/mol. The van der Waals surface area contributed by atoms with Gasteiger partial charge >= 0.3 is 5.97 Å². The number of hydrogen-bond donors (Lipinski definition) is 8. The molecule has 8 atom stereocenters. The number of alkyl halides is 1. The van der Waals surface area contributed by atoms with Crippen molar-refractivity contribution < 1.29 is 43.1 Å². The van der Waals surface area contributed by atoms with Gasteiger partial charge in [0.15, 0.2) is 6.17 Å². The predicted octanol–water partition coefficient (Wildman–Crippen LogP) is 2.45. The molecule has 0 aliphatic carbocycles. The second-order valence-corrected chi connectivity index (χ2v) is 16.4. The van der Waals surface area contributed by atoms with Gasteiger partial charge in [0.1, 0.15) is 0 Å². The number of nitrogens with one attached hydrogen (secondary N) is 6. The van der Waals surface area contributed by atoms with Crippen LogP contribution in [0.3, 0.4) is 0 Å². The Bertz CT molecular complexity index is 1230. The smallest absolute Gasteiger partial charge is 0.305 e. The summed E-state index contributed by atoms with van der Waals surface area (Å²) >= 11 is 0. The molecule has 0 bridgehead atoms. The first-order chi connectivity index (χ1) is 24.9. The topological polar surface area (TPSA) is 238 Å². The molecule has 0 aliphatic rings. The molecule has 0 aromatic heterocycles. The highest BCUT2D eigenvalue weighted by atomic mass is 19.1. The van der Waals surface area contributed by atoms with Crippen molar-refractivity contribution in [3.05, 3.63) is 0 Å². The summed E-state index contributed by atoms with van der Waals surface area (Å²) < 4.78 is 15.3. The molecule has 15 nitrogen and oxygen atoms in total. The standard InChI is InChI=1S/C38H70FN7O8/c1-20(2)12-27(44-31(47)14-24(9)41-34(50)18-29(40)22(5)6)16-33(49)43-26(11)37(39)38(54)46-30(23(7)8)19-35(51)42-25(10)15-32(48)45-28(13-21(3)4)17-36(52)53/h20-30,37H,12-19,40H2,1-11H3,(H,41,50)(H,42,51)(H,43,49)(H,44,47)(H,45,48)(H,46,54)(H,52,53)/t24-,25-,26-,27-,28-,29+,30+,37+/m0/s1. The maximum atomic E-state index is 15.3. The van der Waals surface area contributed by atoms with E-state index in [1.807, 2.05) is 41.5 Å². The van der Waals surface area contributed by atoms with E-state index >= 15 is 4.39 Å². The van der Waals surface area contributed by atoms with Gasteiger partial charge in [-0.25, -0.2) is 4.39 Å². The molecule has 0 aromatic carbocycles. The molecule has 0 saturated heterocycles. The number of halogens is 1. The lowest BCUT2D eigenvalue weighted by atomic mass is 9.99. The van der Waals surface area contributed by atoms with Crippen LogP contribution in [-0.4, -0.2) is 95.0 Å². The minimum Gasteiger partial charge on any atom is -0.481 e. The van der Waals surface area contributed by atoms with Gasteiger partial charge in [0.25, 0.3) is 5.91 Å². The Morgan fingerprint density at radius 2 is 0.926 bits per heavy atom. The summed E-state index contributed by atoms with van der Waals surface area (Å²) in [4.78, 5) is 87.5. The lowest BCUT2D eigenvalue weighted by molar-refractivity contribution is -0.138. The molecule has 0 saturated carbocycles. The molecule has 0 aliphatic heterocycles. The van der Waals surface area contributed by atoms with E-state index in [0.29, 0.717) is 12.8 Å². The van der Waals surface area contributed by atoms with E-state index in [0.717, 1.165) is 0 Å². The first kappa shape index (κ1) is 50.2. The molecule has 16 heteroatoms. The van der Waals surface area contributed by atoms with E-state index in [1.165, 1.54) is 6.92 Å². The van der Waals surface area contributed by atoms with Gasteiger partial charge < -0.3 is 42.7 Å². The molecule has 0 unspecified atom stereocenters. The predicted molar refractivity (Wildman–Crippen MR) is 205 cm³/mol. The van der Waals surface area contributed by atoms with Crippen molar-refractivity contribution in [3.8, 4) is 0 Å². The van der Waals surface area contributed by atoms with Gasteiger partial charge in [0, 0.05) is 68.4 Å². The van der Waals surface area contributed by atoms with Crippen LogP contribution >= 0.6 is 0 Å². The summed E-state index contributed by atoms with van der Waals surface area (Å²) in [6.45, 7) is 19.7. The van der Waals surface area contributed by atoms with Crippen molar-refractivity contribution in [2.75, 3.05) is 0 Å². The van der Waals surface area contributed by atoms with Gasteiger partial charge in [0.2, 0.25) is 29.5 Å². The Kier molecular flexibility index (Phi) is 23.5. The van der Waals surface area contributed by atoms with Crippen LogP contribution in [0.15, 0.2) is 0 Å². The lowest BCUT2D eigenvalue weighted by Gasteiger charge is -2.26. The third kappa shape index (κ3) is 23.1. The quantitative estimate of drug-likeness (QED) is 0.0644. The summed E-state index contributed by atoms with van der Waals surface area (Å²) in [5.74, 6) is -3.94. The Balaban J connectivity index is 5.13. The third-order valence-electron chi connectivity index (χ3n) is 8.79. The largest absolute Gasteiger partial charge is 0.481 e. The average molecular weight is 772 g/mol. The summed E-state index contributed by atoms with van der Waals surface area (Å²) in [5.41, 5.74) is 5.97. The van der Waals surface area contributed by atoms with Crippen molar-refractivity contribution in [1.82, 2.24) is 31.9 Å². The van der Waals surface area contributed by atoms with E-state index in [4.69, 9.17) is 10.8 Å². The number of rotatable bonds is 26. The Morgan fingerprint density at radius 1 is 0.519 bits per heavy atom. The van der Waals surface area contributed by atoms with Gasteiger partial charge in [-0.2, -0.15) is 0 Å². The van der Waals surface area contributed by atoms with Crippen molar-refractivity contribution in [1.29, 1.82) is 0 Å². The van der Waals surface area contributed by atoms with Gasteiger partial charge in [-0.05, 0) is 57.3 Å². The Hall–Kier alpha value is -3.82. The van der Waals surface area contributed by atoms with E-state index < -0.39 is 72.0 Å². The summed E-state index contributed by atoms with van der Waals surface area (Å²) in [6.07, 6.45) is -1.72. The van der Waals surface area contributed by atoms with Gasteiger partial charge in [0.05, 0.1) is 12.5 Å². The Morgan fingerprint density at radius 3 is 1.33 bits per heavy atom. The summed E-state index contributed by atoms with van der Waals surface area (Å²) in [7, 11) is 0. The fraction of sp³-hybridized carbons (Fsp3) is 0.816. The maximum absolute atomic E-state index is 15.3. The molecule has 0 fully saturated rings. The van der Waals surface area contributed by atoms with E-state index in [-0.39, 0.29) is 80.1 Å². The average Bonchev–Trinajstić information content (AvgIpc) is 2.98. The normalized spacial score (nSPS) is 16.0. The van der Waals surface area contributed by atoms with Gasteiger partial charge in [-0.1, -0.05) is 55.4 Å². The maximum Gasteiger partial charge on any atom is 0.305 e. The van der Waals surface area contributed by atoms with Crippen molar-refractivity contribution >= 4 is 41.4 Å². The second kappa shape index (κ2) is 25.3. The minimum absolute atomic E-state index is 0.0151. The fourth-order valence-corrected chi connectivity index (χ4v) is 5.84. The first-order valence-corrected chi connectivity index (χ1v) is 19.3. The molecule has 9 N–H and O–H groups in total. The number of carbonyl (C=O) groups excluding carboxylic acids is 6. The zero-order valence-electron chi connectivity index (χ0n) is 34.3. The number of nitrogens with two attached hydrogens (primary N) is 1. The third-order valence-corrected chi connectivity index (χ3v) is 8.79. The second-order valence-electron chi connectivity index (χ2n) is 16.4. The fourth-order valence-electron chi connectivity index (χ4n) is 5.84. The van der Waals surface area contributed by atoms with Crippen molar-refractivity contribution in [2.45, 2.75) is 176 Å². The number of carbonyl (C=O) groups is 7. The molecular weight excluding hydrogens is 701 g/mol. The van der Waals surface area contributed by atoms with Crippen LogP contribution in [0.2, 0.25) is 0 Å². The number of aliphatic carboxylic acids is 1. The van der Waals surface area contributed by atoms with E-state index in [9.17, 15) is 33.6 Å². The van der Waals surface area contributed by atoms with E-state index in [2.05, 4.69) is 31.9 Å². The zero-order chi connectivity index (χ0) is 41.9. The van der Waals surface area contributed by atoms with Crippen LogP contribution in [0.1, 0.15) is 128 Å². The van der Waals surface area contributed by atoms with Gasteiger partial charge in [-0.15, -0.1) is 0 Å². The van der Waals surface area contributed by atoms with Crippen LogP contribution in [0.5, 0.6) is 0 Å². The lowest BCUT2D eigenvalue weighted by Crippen LogP contribution is -2.52. The number of carboxylic acid groups (broad SMARTS) is 1. The minimum atomic E-state index is -2.14. The van der Waals surface area contributed by atoms with Crippen LogP contribution in [0, 0.1) is 23.7 Å². The van der Waals surface area contributed by atoms with Crippen LogP contribution in [0.25, 0.3) is 0 Å². The zero-order valence-corrected chi connectivity index (χ0v) is 34.3. The molecule has 0 rings (SSSR count). The molecule has 0 radical (unpaired) electrons. The molecule has 0 aromatic rings. The highest BCUT2D eigenvalue weighted by Crippen LogP contribution is 2.13. The molecule has 6 amide bonds. The Labute approximate surface area is 321 Å². The first-order valence-electron chi connectivity index (χ1n) is 19.3. The van der Waals surface area contributed by atoms with Crippen molar-refractivity contribution in [2.24, 2.45) is 29.4 Å². The highest BCUT2D eigenvalue weighted by Gasteiger charge is 2.31. The molecule has 312 valence electrons. The SMILES string of the molecule is CC(C)C[C@@H](CC(=O)O)NC(=O)C[C@H](C)NC(=O)C[C@@H](NC(=O)[C@H](F)[C@H](C)NC(=O)C[C@H](CC(C)C)NC(=O)C[C@H](C)NC(=O)C[C@@H](N)C(C)C)C(C)C.